The number of hydrogen-bond donors (Lipinski definition) is 2. The second kappa shape index (κ2) is 13.1. The summed E-state index contributed by atoms with van der Waals surface area (Å²) in [5, 5.41) is 6.77. The lowest BCUT2D eigenvalue weighted by Gasteiger charge is -2.32. The molecule has 25 heavy (non-hydrogen) atoms. The monoisotopic (exact) mass is 489 g/mol. The van der Waals surface area contributed by atoms with E-state index in [1.807, 2.05) is 6.92 Å². The van der Waals surface area contributed by atoms with Gasteiger partial charge < -0.3 is 15.5 Å². The zero-order chi connectivity index (χ0) is 18.0. The van der Waals surface area contributed by atoms with Crippen molar-refractivity contribution >= 4 is 40.0 Å². The molecule has 0 saturated carbocycles. The summed E-state index contributed by atoms with van der Waals surface area (Å²) in [6.07, 6.45) is 5.51. The Balaban J connectivity index is 0.00000576. The highest BCUT2D eigenvalue weighted by atomic mass is 127. The van der Waals surface area contributed by atoms with Gasteiger partial charge in [0.1, 0.15) is 0 Å². The molecule has 0 spiro atoms. The Labute approximate surface area is 171 Å². The average molecular weight is 489 g/mol. The number of piperidine rings is 1. The quantitative estimate of drug-likeness (QED) is 0.221. The molecule has 0 bridgehead atoms. The SMILES string of the molecule is CCCN1CCC(NC(=NC)NCCCN(CC)S(C)(=O)=O)CC1.I. The van der Waals surface area contributed by atoms with Crippen LogP contribution in [0.4, 0.5) is 0 Å². The molecule has 1 saturated heterocycles. The molecule has 0 aromatic heterocycles. The molecule has 1 fully saturated rings. The number of hydrogen-bond acceptors (Lipinski definition) is 4. The van der Waals surface area contributed by atoms with Crippen LogP contribution in [0.3, 0.4) is 0 Å². The van der Waals surface area contributed by atoms with Gasteiger partial charge in [-0.2, -0.15) is 0 Å². The van der Waals surface area contributed by atoms with Crippen LogP contribution in [0, 0.1) is 0 Å². The highest BCUT2D eigenvalue weighted by molar-refractivity contribution is 14.0. The molecule has 0 aliphatic carbocycles. The summed E-state index contributed by atoms with van der Waals surface area (Å²) in [6, 6.07) is 0.465. The van der Waals surface area contributed by atoms with E-state index in [-0.39, 0.29) is 24.0 Å². The smallest absolute Gasteiger partial charge is 0.211 e. The molecule has 1 aliphatic heterocycles. The summed E-state index contributed by atoms with van der Waals surface area (Å²) >= 11 is 0. The standard InChI is InChI=1S/C16H35N5O2S.HI/c1-5-11-20-13-8-15(9-14-20)19-16(17-3)18-10-7-12-21(6-2)24(4,22)23;/h15H,5-14H2,1-4H3,(H2,17,18,19);1H. The predicted molar refractivity (Wildman–Crippen MR) is 116 cm³/mol. The molecule has 1 rings (SSSR count). The van der Waals surface area contributed by atoms with Gasteiger partial charge in [-0.25, -0.2) is 12.7 Å². The van der Waals surface area contributed by atoms with Gasteiger partial charge in [0.05, 0.1) is 6.26 Å². The molecule has 7 nitrogen and oxygen atoms in total. The molecular formula is C16H36IN5O2S. The van der Waals surface area contributed by atoms with Crippen LogP contribution in [0.2, 0.25) is 0 Å². The van der Waals surface area contributed by atoms with Crippen LogP contribution in [-0.4, -0.2) is 82.2 Å². The van der Waals surface area contributed by atoms with Gasteiger partial charge in [0.25, 0.3) is 0 Å². The van der Waals surface area contributed by atoms with E-state index in [0.717, 1.165) is 38.3 Å². The van der Waals surface area contributed by atoms with Crippen molar-refractivity contribution in [2.75, 3.05) is 52.6 Å². The fourth-order valence-electron chi connectivity index (χ4n) is 3.03. The van der Waals surface area contributed by atoms with E-state index >= 15 is 0 Å². The first kappa shape index (κ1) is 24.9. The van der Waals surface area contributed by atoms with Crippen LogP contribution in [0.25, 0.3) is 0 Å². The molecule has 0 aromatic carbocycles. The van der Waals surface area contributed by atoms with E-state index in [1.54, 1.807) is 7.05 Å². The van der Waals surface area contributed by atoms with Crippen LogP contribution in [-0.2, 0) is 10.0 Å². The van der Waals surface area contributed by atoms with Crippen LogP contribution in [0.5, 0.6) is 0 Å². The van der Waals surface area contributed by atoms with E-state index in [0.29, 0.717) is 25.7 Å². The summed E-state index contributed by atoms with van der Waals surface area (Å²) in [7, 11) is -1.32. The van der Waals surface area contributed by atoms with Crippen molar-refractivity contribution in [2.45, 2.75) is 45.6 Å². The Kier molecular flexibility index (Phi) is 13.0. The summed E-state index contributed by atoms with van der Waals surface area (Å²) in [6.45, 7) is 9.31. The summed E-state index contributed by atoms with van der Waals surface area (Å²) in [5.41, 5.74) is 0. The number of guanidine groups is 1. The van der Waals surface area contributed by atoms with E-state index in [4.69, 9.17) is 0 Å². The lowest BCUT2D eigenvalue weighted by molar-refractivity contribution is 0.206. The predicted octanol–water partition coefficient (Wildman–Crippen LogP) is 1.32. The molecule has 2 N–H and O–H groups in total. The van der Waals surface area contributed by atoms with Crippen molar-refractivity contribution in [3.05, 3.63) is 0 Å². The maximum atomic E-state index is 11.5. The van der Waals surface area contributed by atoms with Crippen LogP contribution in [0.1, 0.15) is 39.5 Å². The first-order valence-electron chi connectivity index (χ1n) is 9.05. The number of aliphatic imine (C=N–C) groups is 1. The zero-order valence-electron chi connectivity index (χ0n) is 16.1. The van der Waals surface area contributed by atoms with Gasteiger partial charge in [0.2, 0.25) is 10.0 Å². The molecule has 1 aliphatic rings. The third-order valence-electron chi connectivity index (χ3n) is 4.39. The minimum atomic E-state index is -3.10. The summed E-state index contributed by atoms with van der Waals surface area (Å²) < 4.78 is 24.6. The van der Waals surface area contributed by atoms with Gasteiger partial charge in [-0.3, -0.25) is 4.99 Å². The Morgan fingerprint density at radius 3 is 2.40 bits per heavy atom. The van der Waals surface area contributed by atoms with Crippen molar-refractivity contribution in [1.82, 2.24) is 19.8 Å². The second-order valence-corrected chi connectivity index (χ2v) is 8.35. The van der Waals surface area contributed by atoms with Crippen LogP contribution in [0.15, 0.2) is 4.99 Å². The Hall–Kier alpha value is -0.130. The number of likely N-dealkylation sites (tertiary alicyclic amines) is 1. The maximum absolute atomic E-state index is 11.5. The lowest BCUT2D eigenvalue weighted by atomic mass is 10.1. The number of nitrogens with zero attached hydrogens (tertiary/aromatic N) is 3. The first-order chi connectivity index (χ1) is 11.4. The molecule has 0 radical (unpaired) electrons. The highest BCUT2D eigenvalue weighted by Gasteiger charge is 2.19. The number of sulfonamides is 1. The topological polar surface area (TPSA) is 77.0 Å². The van der Waals surface area contributed by atoms with Crippen LogP contribution < -0.4 is 10.6 Å². The third-order valence-corrected chi connectivity index (χ3v) is 5.77. The molecule has 150 valence electrons. The zero-order valence-corrected chi connectivity index (χ0v) is 19.3. The van der Waals surface area contributed by atoms with Crippen LogP contribution >= 0.6 is 24.0 Å². The Bertz CT molecular complexity index is 479. The minimum Gasteiger partial charge on any atom is -0.356 e. The van der Waals surface area contributed by atoms with Crippen molar-refractivity contribution in [3.8, 4) is 0 Å². The van der Waals surface area contributed by atoms with Gasteiger partial charge in [-0.15, -0.1) is 24.0 Å². The van der Waals surface area contributed by atoms with E-state index < -0.39 is 10.0 Å². The molecular weight excluding hydrogens is 453 g/mol. The second-order valence-electron chi connectivity index (χ2n) is 6.37. The largest absolute Gasteiger partial charge is 0.356 e. The van der Waals surface area contributed by atoms with Gasteiger partial charge in [-0.05, 0) is 32.2 Å². The Morgan fingerprint density at radius 1 is 1.28 bits per heavy atom. The highest BCUT2D eigenvalue weighted by Crippen LogP contribution is 2.10. The lowest BCUT2D eigenvalue weighted by Crippen LogP contribution is -2.49. The molecule has 0 unspecified atom stereocenters. The Morgan fingerprint density at radius 2 is 1.92 bits per heavy atom. The first-order valence-corrected chi connectivity index (χ1v) is 10.9. The fourth-order valence-corrected chi connectivity index (χ4v) is 3.96. The number of rotatable bonds is 9. The van der Waals surface area contributed by atoms with Gasteiger partial charge in [0.15, 0.2) is 5.96 Å². The van der Waals surface area contributed by atoms with Crippen molar-refractivity contribution in [1.29, 1.82) is 0 Å². The number of nitrogens with one attached hydrogen (secondary N) is 2. The molecule has 0 amide bonds. The normalized spacial score (nSPS) is 17.4. The fraction of sp³-hybridized carbons (Fsp3) is 0.938. The molecule has 0 aromatic rings. The van der Waals surface area contributed by atoms with E-state index in [2.05, 4.69) is 27.4 Å². The molecule has 0 atom stereocenters. The van der Waals surface area contributed by atoms with E-state index in [9.17, 15) is 8.42 Å². The van der Waals surface area contributed by atoms with Gasteiger partial charge >= 0.3 is 0 Å². The van der Waals surface area contributed by atoms with Crippen molar-refractivity contribution < 1.29 is 8.42 Å². The summed E-state index contributed by atoms with van der Waals surface area (Å²) in [5.74, 6) is 0.811. The van der Waals surface area contributed by atoms with Crippen molar-refractivity contribution in [3.63, 3.8) is 0 Å². The molecule has 9 heteroatoms. The van der Waals surface area contributed by atoms with Crippen molar-refractivity contribution in [2.24, 2.45) is 4.99 Å². The van der Waals surface area contributed by atoms with Gasteiger partial charge in [0, 0.05) is 45.8 Å². The molecule has 1 heterocycles. The minimum absolute atomic E-state index is 0. The average Bonchev–Trinajstić information content (AvgIpc) is 2.54. The van der Waals surface area contributed by atoms with Gasteiger partial charge in [-0.1, -0.05) is 13.8 Å². The van der Waals surface area contributed by atoms with E-state index in [1.165, 1.54) is 23.5 Å². The maximum Gasteiger partial charge on any atom is 0.211 e. The third kappa shape index (κ3) is 9.95. The number of halogens is 1. The summed E-state index contributed by atoms with van der Waals surface area (Å²) in [4.78, 5) is 6.78.